The van der Waals surface area contributed by atoms with Crippen LogP contribution in [0.3, 0.4) is 0 Å². The molecule has 7 nitrogen and oxygen atoms in total. The molecule has 3 aromatic rings. The number of hydrogen-bond donors (Lipinski definition) is 2. The van der Waals surface area contributed by atoms with Gasteiger partial charge in [0, 0.05) is 28.4 Å². The molecule has 2 aromatic carbocycles. The molecule has 0 radical (unpaired) electrons. The van der Waals surface area contributed by atoms with E-state index >= 15 is 0 Å². The maximum Gasteiger partial charge on any atom is 0.335 e. The molecule has 1 amide bonds. The van der Waals surface area contributed by atoms with E-state index in [1.807, 2.05) is 30.3 Å². The molecule has 0 aliphatic rings. The normalized spacial score (nSPS) is 10.9. The Balaban J connectivity index is 1.94. The number of fused-ring (bicyclic) bond motifs is 1. The lowest BCUT2D eigenvalue weighted by molar-refractivity contribution is -0.112. The number of rotatable bonds is 5. The number of nitriles is 2. The van der Waals surface area contributed by atoms with Crippen LogP contribution in [-0.2, 0) is 11.3 Å². The average molecular weight is 370 g/mol. The number of para-hydroxylation sites is 1. The number of nitrogens with one attached hydrogen (secondary N) is 1. The fourth-order valence-corrected chi connectivity index (χ4v) is 2.83. The van der Waals surface area contributed by atoms with Gasteiger partial charge in [0.1, 0.15) is 18.2 Å². The highest BCUT2D eigenvalue weighted by Gasteiger charge is 2.13. The summed E-state index contributed by atoms with van der Waals surface area (Å²) >= 11 is 0. The van der Waals surface area contributed by atoms with Crippen molar-refractivity contribution in [3.63, 3.8) is 0 Å². The number of hydrogen-bond acceptors (Lipinski definition) is 4. The van der Waals surface area contributed by atoms with Gasteiger partial charge in [0.15, 0.2) is 0 Å². The summed E-state index contributed by atoms with van der Waals surface area (Å²) in [5, 5.41) is 30.8. The number of aromatic carboxylic acids is 1. The van der Waals surface area contributed by atoms with Crippen LogP contribution in [-0.4, -0.2) is 21.6 Å². The summed E-state index contributed by atoms with van der Waals surface area (Å²) in [6.07, 6.45) is 3.16. The van der Waals surface area contributed by atoms with Gasteiger partial charge in [-0.3, -0.25) is 4.79 Å². The minimum absolute atomic E-state index is 0.0276. The summed E-state index contributed by atoms with van der Waals surface area (Å²) in [5.41, 5.74) is 1.62. The van der Waals surface area contributed by atoms with Crippen LogP contribution in [0.25, 0.3) is 17.0 Å². The van der Waals surface area contributed by atoms with Crippen molar-refractivity contribution in [3.8, 4) is 12.1 Å². The second-order valence-electron chi connectivity index (χ2n) is 5.90. The standard InChI is InChI=1S/C21H14N4O3/c22-8-9-25-13-16(18-6-1-2-7-19(18)25)10-15(12-23)20(26)24-17-5-3-4-14(11-17)21(27)28/h1-7,10-11,13H,9H2,(H,24,26)(H,27,28)/b15-10-. The minimum Gasteiger partial charge on any atom is -0.478 e. The largest absolute Gasteiger partial charge is 0.478 e. The molecule has 0 unspecified atom stereocenters. The molecule has 7 heteroatoms. The number of carbonyl (C=O) groups is 2. The molecular weight excluding hydrogens is 356 g/mol. The Bertz CT molecular complexity index is 1190. The van der Waals surface area contributed by atoms with Crippen LogP contribution in [0.15, 0.2) is 60.3 Å². The summed E-state index contributed by atoms with van der Waals surface area (Å²) in [6, 6.07) is 17.1. The highest BCUT2D eigenvalue weighted by molar-refractivity contribution is 6.11. The van der Waals surface area contributed by atoms with E-state index in [-0.39, 0.29) is 23.4 Å². The third-order valence-corrected chi connectivity index (χ3v) is 4.09. The van der Waals surface area contributed by atoms with Crippen molar-refractivity contribution in [2.45, 2.75) is 6.54 Å². The molecule has 3 rings (SSSR count). The molecule has 0 saturated carbocycles. The van der Waals surface area contributed by atoms with Gasteiger partial charge in [-0.25, -0.2) is 4.79 Å². The lowest BCUT2D eigenvalue weighted by Crippen LogP contribution is -2.13. The molecule has 0 spiro atoms. The quantitative estimate of drug-likeness (QED) is 0.527. The van der Waals surface area contributed by atoms with Gasteiger partial charge in [-0.15, -0.1) is 0 Å². The van der Waals surface area contributed by atoms with Gasteiger partial charge in [0.2, 0.25) is 0 Å². The lowest BCUT2D eigenvalue weighted by Gasteiger charge is -2.05. The van der Waals surface area contributed by atoms with Gasteiger partial charge in [0.05, 0.1) is 11.6 Å². The lowest BCUT2D eigenvalue weighted by atomic mass is 10.1. The Hall–Kier alpha value is -4.36. The molecule has 0 aliphatic carbocycles. The van der Waals surface area contributed by atoms with Crippen LogP contribution in [0.1, 0.15) is 15.9 Å². The maximum atomic E-state index is 12.5. The molecule has 0 aliphatic heterocycles. The molecule has 28 heavy (non-hydrogen) atoms. The van der Waals surface area contributed by atoms with Gasteiger partial charge in [-0.05, 0) is 30.3 Å². The summed E-state index contributed by atoms with van der Waals surface area (Å²) < 4.78 is 1.74. The molecule has 0 atom stereocenters. The first-order valence-corrected chi connectivity index (χ1v) is 8.25. The first kappa shape index (κ1) is 18.4. The first-order chi connectivity index (χ1) is 13.5. The molecule has 0 saturated heterocycles. The van der Waals surface area contributed by atoms with E-state index in [1.165, 1.54) is 30.3 Å². The number of amides is 1. The number of carboxylic acids is 1. The number of aromatic nitrogens is 1. The Morgan fingerprint density at radius 3 is 2.64 bits per heavy atom. The highest BCUT2D eigenvalue weighted by atomic mass is 16.4. The fourth-order valence-electron chi connectivity index (χ4n) is 2.83. The van der Waals surface area contributed by atoms with Crippen LogP contribution in [0.2, 0.25) is 0 Å². The zero-order valence-electron chi connectivity index (χ0n) is 14.6. The molecule has 1 aromatic heterocycles. The van der Waals surface area contributed by atoms with Crippen LogP contribution >= 0.6 is 0 Å². The third kappa shape index (κ3) is 3.74. The van der Waals surface area contributed by atoms with Crippen LogP contribution in [0.4, 0.5) is 5.69 Å². The summed E-state index contributed by atoms with van der Waals surface area (Å²) in [7, 11) is 0. The smallest absolute Gasteiger partial charge is 0.335 e. The zero-order valence-corrected chi connectivity index (χ0v) is 14.6. The van der Waals surface area contributed by atoms with Crippen molar-refractivity contribution in [2.24, 2.45) is 0 Å². The van der Waals surface area contributed by atoms with Crippen molar-refractivity contribution in [1.82, 2.24) is 4.57 Å². The van der Waals surface area contributed by atoms with E-state index in [2.05, 4.69) is 11.4 Å². The second kappa shape index (κ2) is 7.90. The summed E-state index contributed by atoms with van der Waals surface area (Å²) in [6.45, 7) is 0.143. The van der Waals surface area contributed by atoms with E-state index in [1.54, 1.807) is 10.8 Å². The third-order valence-electron chi connectivity index (χ3n) is 4.09. The Labute approximate surface area is 160 Å². The van der Waals surface area contributed by atoms with Crippen molar-refractivity contribution in [2.75, 3.05) is 5.32 Å². The Morgan fingerprint density at radius 2 is 1.93 bits per heavy atom. The van der Waals surface area contributed by atoms with Crippen molar-refractivity contribution < 1.29 is 14.7 Å². The minimum atomic E-state index is -1.11. The van der Waals surface area contributed by atoms with Crippen LogP contribution in [0, 0.1) is 22.7 Å². The monoisotopic (exact) mass is 370 g/mol. The van der Waals surface area contributed by atoms with E-state index < -0.39 is 11.9 Å². The Morgan fingerprint density at radius 1 is 1.14 bits per heavy atom. The predicted octanol–water partition coefficient (Wildman–Crippen LogP) is 3.41. The number of carbonyl (C=O) groups excluding carboxylic acids is 1. The van der Waals surface area contributed by atoms with Gasteiger partial charge in [-0.1, -0.05) is 24.3 Å². The SMILES string of the molecule is N#CCn1cc(/C=C(/C#N)C(=O)Nc2cccc(C(=O)O)c2)c2ccccc21. The van der Waals surface area contributed by atoms with E-state index in [0.717, 1.165) is 10.9 Å². The van der Waals surface area contributed by atoms with E-state index in [0.29, 0.717) is 5.56 Å². The topological polar surface area (TPSA) is 119 Å². The number of nitrogens with zero attached hydrogens (tertiary/aromatic N) is 3. The molecule has 0 fully saturated rings. The summed E-state index contributed by atoms with van der Waals surface area (Å²) in [4.78, 5) is 23.5. The van der Waals surface area contributed by atoms with Crippen molar-refractivity contribution >= 4 is 34.5 Å². The average Bonchev–Trinajstić information content (AvgIpc) is 3.04. The molecule has 1 heterocycles. The number of benzene rings is 2. The number of anilines is 1. The van der Waals surface area contributed by atoms with Crippen LogP contribution in [0.5, 0.6) is 0 Å². The first-order valence-electron chi connectivity index (χ1n) is 8.25. The molecular formula is C21H14N4O3. The molecule has 2 N–H and O–H groups in total. The van der Waals surface area contributed by atoms with Crippen molar-refractivity contribution in [3.05, 3.63) is 71.4 Å². The van der Waals surface area contributed by atoms with Gasteiger partial charge < -0.3 is 15.0 Å². The maximum absolute atomic E-state index is 12.5. The predicted molar refractivity (Wildman–Crippen MR) is 103 cm³/mol. The fraction of sp³-hybridized carbons (Fsp3) is 0.0476. The highest BCUT2D eigenvalue weighted by Crippen LogP contribution is 2.24. The van der Waals surface area contributed by atoms with E-state index in [9.17, 15) is 14.9 Å². The van der Waals surface area contributed by atoms with Crippen LogP contribution < -0.4 is 5.32 Å². The Kier molecular flexibility index (Phi) is 5.20. The van der Waals surface area contributed by atoms with E-state index in [4.69, 9.17) is 10.4 Å². The van der Waals surface area contributed by atoms with Crippen molar-refractivity contribution in [1.29, 1.82) is 10.5 Å². The molecule has 0 bridgehead atoms. The van der Waals surface area contributed by atoms with Gasteiger partial charge in [0.25, 0.3) is 5.91 Å². The zero-order chi connectivity index (χ0) is 20.1. The molecule has 136 valence electrons. The second-order valence-corrected chi connectivity index (χ2v) is 5.90. The van der Waals surface area contributed by atoms with Gasteiger partial charge in [-0.2, -0.15) is 10.5 Å². The van der Waals surface area contributed by atoms with Gasteiger partial charge >= 0.3 is 5.97 Å². The summed E-state index contributed by atoms with van der Waals surface area (Å²) in [5.74, 6) is -1.76. The number of carboxylic acid groups (broad SMARTS) is 1.